The number of carbonyl (C=O) groups excluding carboxylic acids is 1. The molecule has 1 amide bonds. The molecule has 1 atom stereocenters. The average Bonchev–Trinajstić information content (AvgIpc) is 2.52. The topological polar surface area (TPSA) is 67.8 Å². The largest absolute Gasteiger partial charge is 0.497 e. The van der Waals surface area contributed by atoms with Crippen molar-refractivity contribution in [1.29, 1.82) is 0 Å². The molecule has 0 saturated carbocycles. The van der Waals surface area contributed by atoms with E-state index in [1.54, 1.807) is 39.2 Å². The van der Waals surface area contributed by atoms with Crippen LogP contribution < -0.4 is 10.1 Å². The summed E-state index contributed by atoms with van der Waals surface area (Å²) in [5.74, 6) is 4.22. The van der Waals surface area contributed by atoms with Gasteiger partial charge in [-0.2, -0.15) is 4.40 Å². The van der Waals surface area contributed by atoms with Crippen molar-refractivity contribution in [1.82, 2.24) is 5.32 Å². The van der Waals surface area contributed by atoms with Crippen LogP contribution in [0.15, 0.2) is 39.1 Å². The molecule has 0 radical (unpaired) electrons. The van der Waals surface area contributed by atoms with Gasteiger partial charge in [0.2, 0.25) is 5.91 Å². The van der Waals surface area contributed by atoms with E-state index in [0.717, 1.165) is 12.0 Å². The Hall–Kier alpha value is -2.08. The van der Waals surface area contributed by atoms with Gasteiger partial charge in [0.25, 0.3) is 0 Å². The van der Waals surface area contributed by atoms with E-state index in [2.05, 4.69) is 15.6 Å². The number of hydrogen-bond donors (Lipinski definition) is 1. The second kappa shape index (κ2) is 8.68. The lowest BCUT2D eigenvalue weighted by molar-refractivity contribution is -0.117. The fourth-order valence-electron chi connectivity index (χ4n) is 2.12. The highest BCUT2D eigenvalue weighted by molar-refractivity contribution is 7.99. The number of hydrogen-bond acceptors (Lipinski definition) is 3. The van der Waals surface area contributed by atoms with E-state index in [9.17, 15) is 9.00 Å². The van der Waals surface area contributed by atoms with Crippen LogP contribution in [0.4, 0.5) is 0 Å². The Kier molecular flexibility index (Phi) is 7.22. The molecule has 1 rings (SSSR count). The van der Waals surface area contributed by atoms with Crippen molar-refractivity contribution in [3.63, 3.8) is 0 Å². The number of aryl methyl sites for hydroxylation is 1. The summed E-state index contributed by atoms with van der Waals surface area (Å²) in [6, 6.07) is 5.31. The first kappa shape index (κ1) is 20.0. The van der Waals surface area contributed by atoms with Gasteiger partial charge in [-0.1, -0.05) is 13.0 Å². The molecule has 1 aromatic carbocycles. The first-order chi connectivity index (χ1) is 11.2. The van der Waals surface area contributed by atoms with Gasteiger partial charge >= 0.3 is 0 Å². The van der Waals surface area contributed by atoms with Gasteiger partial charge in [0.15, 0.2) is 0 Å². The Balaban J connectivity index is 3.12. The summed E-state index contributed by atoms with van der Waals surface area (Å²) in [4.78, 5) is 12.4. The molecular formula is C18H26N2O3S. The van der Waals surface area contributed by atoms with Crippen LogP contribution in [0.1, 0.15) is 32.8 Å². The fraction of sp³-hybridized carbons (Fsp3) is 0.389. The first-order valence-electron chi connectivity index (χ1n) is 7.76. The molecular weight excluding hydrogens is 324 g/mol. The highest BCUT2D eigenvalue weighted by Gasteiger charge is 2.12. The summed E-state index contributed by atoms with van der Waals surface area (Å²) < 4.78 is 22.3. The van der Waals surface area contributed by atoms with Gasteiger partial charge in [-0.15, -0.1) is 0 Å². The van der Waals surface area contributed by atoms with Crippen molar-refractivity contribution in [2.75, 3.05) is 13.7 Å². The number of nitrogens with zero attached hydrogens (tertiary/aromatic N) is 1. The van der Waals surface area contributed by atoms with Crippen LogP contribution in [0, 0.1) is 6.92 Å². The van der Waals surface area contributed by atoms with E-state index in [0.29, 0.717) is 28.5 Å². The molecule has 132 valence electrons. The molecule has 0 aromatic heterocycles. The predicted molar refractivity (Wildman–Crippen MR) is 101 cm³/mol. The molecule has 0 aliphatic heterocycles. The molecule has 6 heteroatoms. The zero-order valence-electron chi connectivity index (χ0n) is 15.0. The third kappa shape index (κ3) is 5.53. The van der Waals surface area contributed by atoms with E-state index in [4.69, 9.17) is 4.74 Å². The van der Waals surface area contributed by atoms with Crippen molar-refractivity contribution in [2.45, 2.75) is 39.0 Å². The number of ether oxygens (including phenoxy) is 1. The Morgan fingerprint density at radius 3 is 2.67 bits per heavy atom. The molecule has 0 aliphatic carbocycles. The van der Waals surface area contributed by atoms with Gasteiger partial charge in [0.05, 0.1) is 21.7 Å². The standard InChI is InChI=1S/C18H26N2O3S/c1-7-10-19-18(21)14(3)11-15(4)20-24(6,22)17-12-16(23-5)9-8-13(17)2/h8-9,11-12H,6-7,10H2,1-5H3,(H,19,21)/b14-11+,20-15?. The summed E-state index contributed by atoms with van der Waals surface area (Å²) in [5, 5.41) is 2.79. The Labute approximate surface area is 145 Å². The maximum Gasteiger partial charge on any atom is 0.246 e. The molecule has 0 aliphatic rings. The van der Waals surface area contributed by atoms with Gasteiger partial charge in [-0.05, 0) is 56.8 Å². The van der Waals surface area contributed by atoms with Crippen molar-refractivity contribution in [2.24, 2.45) is 4.40 Å². The van der Waals surface area contributed by atoms with E-state index in [1.165, 1.54) is 0 Å². The molecule has 0 fully saturated rings. The maximum absolute atomic E-state index is 12.9. The van der Waals surface area contributed by atoms with Crippen molar-refractivity contribution in [3.05, 3.63) is 35.4 Å². The van der Waals surface area contributed by atoms with E-state index in [1.807, 2.05) is 19.9 Å². The quantitative estimate of drug-likeness (QED) is 0.467. The van der Waals surface area contributed by atoms with E-state index >= 15 is 0 Å². The second-order valence-electron chi connectivity index (χ2n) is 5.59. The van der Waals surface area contributed by atoms with Crippen LogP contribution in [0.3, 0.4) is 0 Å². The first-order valence-corrected chi connectivity index (χ1v) is 9.44. The molecule has 1 unspecified atom stereocenters. The van der Waals surface area contributed by atoms with Crippen molar-refractivity contribution < 1.29 is 13.7 Å². The number of allylic oxidation sites excluding steroid dienone is 1. The van der Waals surface area contributed by atoms with Crippen LogP contribution in [-0.2, 0) is 14.5 Å². The van der Waals surface area contributed by atoms with Crippen molar-refractivity contribution >= 4 is 27.2 Å². The minimum atomic E-state index is -2.88. The Morgan fingerprint density at radius 1 is 1.42 bits per heavy atom. The van der Waals surface area contributed by atoms with Crippen LogP contribution in [0.5, 0.6) is 5.75 Å². The SMILES string of the molecule is C=S(=O)(N=C(C)/C=C(\C)C(=O)NCCC)c1cc(OC)ccc1C. The normalized spacial score (nSPS) is 14.9. The summed E-state index contributed by atoms with van der Waals surface area (Å²) in [7, 11) is -1.33. The number of methoxy groups -OCH3 is 1. The van der Waals surface area contributed by atoms with E-state index < -0.39 is 9.71 Å². The summed E-state index contributed by atoms with van der Waals surface area (Å²) in [6.07, 6.45) is 2.49. The number of carbonyl (C=O) groups is 1. The molecule has 5 nitrogen and oxygen atoms in total. The number of benzene rings is 1. The predicted octanol–water partition coefficient (Wildman–Crippen LogP) is 2.93. The number of amides is 1. The zero-order valence-corrected chi connectivity index (χ0v) is 15.8. The maximum atomic E-state index is 12.9. The van der Waals surface area contributed by atoms with E-state index in [-0.39, 0.29) is 5.91 Å². The minimum Gasteiger partial charge on any atom is -0.497 e. The lowest BCUT2D eigenvalue weighted by Crippen LogP contribution is -2.25. The van der Waals surface area contributed by atoms with Crippen LogP contribution in [0.2, 0.25) is 0 Å². The number of rotatable bonds is 7. The molecule has 1 N–H and O–H groups in total. The van der Waals surface area contributed by atoms with Crippen LogP contribution >= 0.6 is 0 Å². The lowest BCUT2D eigenvalue weighted by atomic mass is 10.2. The monoisotopic (exact) mass is 350 g/mol. The lowest BCUT2D eigenvalue weighted by Gasteiger charge is -2.11. The number of nitrogens with one attached hydrogen (secondary N) is 1. The highest BCUT2D eigenvalue weighted by Crippen LogP contribution is 2.23. The Bertz CT molecular complexity index is 762. The smallest absolute Gasteiger partial charge is 0.246 e. The third-order valence-electron chi connectivity index (χ3n) is 3.35. The van der Waals surface area contributed by atoms with Crippen molar-refractivity contribution in [3.8, 4) is 5.75 Å². The summed E-state index contributed by atoms with van der Waals surface area (Å²) >= 11 is 0. The molecule has 0 saturated heterocycles. The highest BCUT2D eigenvalue weighted by atomic mass is 32.2. The summed E-state index contributed by atoms with van der Waals surface area (Å²) in [6.45, 7) is 7.86. The molecule has 24 heavy (non-hydrogen) atoms. The summed E-state index contributed by atoms with van der Waals surface area (Å²) in [5.41, 5.74) is 1.83. The van der Waals surface area contributed by atoms with Gasteiger partial charge in [-0.25, -0.2) is 4.21 Å². The second-order valence-corrected chi connectivity index (χ2v) is 7.49. The molecule has 0 bridgehead atoms. The van der Waals surface area contributed by atoms with Crippen LogP contribution in [0.25, 0.3) is 0 Å². The van der Waals surface area contributed by atoms with Crippen LogP contribution in [-0.4, -0.2) is 35.4 Å². The van der Waals surface area contributed by atoms with Gasteiger partial charge in [0.1, 0.15) is 5.75 Å². The third-order valence-corrected chi connectivity index (χ3v) is 5.06. The average molecular weight is 350 g/mol. The van der Waals surface area contributed by atoms with Gasteiger partial charge < -0.3 is 10.1 Å². The zero-order chi connectivity index (χ0) is 18.3. The fourth-order valence-corrected chi connectivity index (χ4v) is 3.60. The molecule has 0 spiro atoms. The van der Waals surface area contributed by atoms with Gasteiger partial charge in [0, 0.05) is 17.8 Å². The Morgan fingerprint density at radius 2 is 2.08 bits per heavy atom. The molecule has 1 aromatic rings. The molecule has 0 heterocycles. The van der Waals surface area contributed by atoms with Gasteiger partial charge in [-0.3, -0.25) is 4.79 Å². The minimum absolute atomic E-state index is 0.153.